The number of rotatable bonds is 2. The number of carbonyl (C=O) groups is 1. The van der Waals surface area contributed by atoms with E-state index < -0.39 is 0 Å². The van der Waals surface area contributed by atoms with E-state index in [0.29, 0.717) is 42.8 Å². The summed E-state index contributed by atoms with van der Waals surface area (Å²) in [6.07, 6.45) is 11.6. The number of aliphatic hydroxyl groups is 2. The molecule has 2 N–H and O–H groups in total. The zero-order valence-corrected chi connectivity index (χ0v) is 16.5. The Balaban J connectivity index is 1.43. The maximum absolute atomic E-state index is 11.6. The van der Waals surface area contributed by atoms with Crippen molar-refractivity contribution in [3.05, 3.63) is 11.6 Å². The topological polar surface area (TPSA) is 66.8 Å². The van der Waals surface area contributed by atoms with E-state index in [1.807, 2.05) is 0 Å². The predicted molar refractivity (Wildman–Crippen MR) is 102 cm³/mol. The van der Waals surface area contributed by atoms with E-state index >= 15 is 0 Å². The molecule has 150 valence electrons. The van der Waals surface area contributed by atoms with Crippen molar-refractivity contribution in [3.8, 4) is 0 Å². The van der Waals surface area contributed by atoms with E-state index in [4.69, 9.17) is 4.74 Å². The van der Waals surface area contributed by atoms with Crippen molar-refractivity contribution in [2.45, 2.75) is 70.8 Å². The van der Waals surface area contributed by atoms with Gasteiger partial charge in [-0.25, -0.2) is 4.79 Å². The molecule has 5 rings (SSSR count). The van der Waals surface area contributed by atoms with E-state index in [-0.39, 0.29) is 22.9 Å². The first-order valence-electron chi connectivity index (χ1n) is 11.1. The van der Waals surface area contributed by atoms with Crippen LogP contribution in [0.3, 0.4) is 0 Å². The number of fused-ring (bicyclic) bond motifs is 5. The van der Waals surface area contributed by atoms with E-state index in [1.165, 1.54) is 44.1 Å². The van der Waals surface area contributed by atoms with Gasteiger partial charge in [-0.05, 0) is 104 Å². The van der Waals surface area contributed by atoms with Crippen LogP contribution < -0.4 is 0 Å². The lowest BCUT2D eigenvalue weighted by Crippen LogP contribution is -2.56. The SMILES string of the molecule is C[C@]12CC[C@@H]3[C@@H](CC[C@H]4C[C@@H](O)CC[C@@]43CO)[C@H]1CC[C@@H]2C1=CC(=O)OC1. The van der Waals surface area contributed by atoms with Crippen LogP contribution in [0.1, 0.15) is 64.7 Å². The van der Waals surface area contributed by atoms with Gasteiger partial charge in [0.2, 0.25) is 0 Å². The summed E-state index contributed by atoms with van der Waals surface area (Å²) >= 11 is 0. The molecule has 4 heteroatoms. The third-order valence-corrected chi connectivity index (χ3v) is 9.76. The van der Waals surface area contributed by atoms with Crippen LogP contribution in [0.15, 0.2) is 11.6 Å². The van der Waals surface area contributed by atoms with Gasteiger partial charge in [-0.2, -0.15) is 0 Å². The molecule has 0 bridgehead atoms. The summed E-state index contributed by atoms with van der Waals surface area (Å²) < 4.78 is 5.24. The quantitative estimate of drug-likeness (QED) is 0.727. The number of ether oxygens (including phenoxy) is 1. The van der Waals surface area contributed by atoms with Crippen molar-refractivity contribution in [3.63, 3.8) is 0 Å². The number of carbonyl (C=O) groups excluding carboxylic acids is 1. The number of hydrogen-bond donors (Lipinski definition) is 2. The number of aliphatic hydroxyl groups excluding tert-OH is 2. The first-order valence-corrected chi connectivity index (χ1v) is 11.1. The number of esters is 1. The van der Waals surface area contributed by atoms with Crippen molar-refractivity contribution in [1.29, 1.82) is 0 Å². The highest BCUT2D eigenvalue weighted by atomic mass is 16.5. The molecule has 5 aliphatic rings. The van der Waals surface area contributed by atoms with Crippen molar-refractivity contribution in [2.75, 3.05) is 13.2 Å². The molecule has 4 saturated carbocycles. The van der Waals surface area contributed by atoms with Gasteiger partial charge >= 0.3 is 5.97 Å². The highest BCUT2D eigenvalue weighted by Crippen LogP contribution is 2.68. The van der Waals surface area contributed by atoms with Crippen LogP contribution in [0, 0.1) is 40.4 Å². The normalized spacial score (nSPS) is 51.8. The molecule has 0 unspecified atom stereocenters. The second kappa shape index (κ2) is 6.32. The Bertz CT molecular complexity index is 657. The summed E-state index contributed by atoms with van der Waals surface area (Å²) in [4.78, 5) is 11.6. The molecule has 27 heavy (non-hydrogen) atoms. The lowest BCUT2D eigenvalue weighted by atomic mass is 9.44. The summed E-state index contributed by atoms with van der Waals surface area (Å²) in [5, 5.41) is 20.7. The molecular formula is C23H34O4. The van der Waals surface area contributed by atoms with Crippen molar-refractivity contribution >= 4 is 5.97 Å². The fourth-order valence-electron chi connectivity index (χ4n) is 8.54. The maximum atomic E-state index is 11.6. The molecule has 1 aliphatic heterocycles. The van der Waals surface area contributed by atoms with Gasteiger partial charge in [0.15, 0.2) is 0 Å². The Morgan fingerprint density at radius 1 is 1.11 bits per heavy atom. The molecule has 0 spiro atoms. The van der Waals surface area contributed by atoms with Gasteiger partial charge in [0.1, 0.15) is 6.61 Å². The third-order valence-electron chi connectivity index (χ3n) is 9.76. The molecule has 0 aromatic carbocycles. The van der Waals surface area contributed by atoms with Gasteiger partial charge in [-0.1, -0.05) is 6.92 Å². The molecule has 8 atom stereocenters. The molecule has 0 aromatic heterocycles. The molecule has 0 radical (unpaired) electrons. The highest BCUT2D eigenvalue weighted by molar-refractivity contribution is 5.85. The molecule has 0 saturated heterocycles. The van der Waals surface area contributed by atoms with E-state index in [2.05, 4.69) is 6.92 Å². The minimum atomic E-state index is -0.164. The van der Waals surface area contributed by atoms with Gasteiger partial charge in [0.25, 0.3) is 0 Å². The van der Waals surface area contributed by atoms with Crippen LogP contribution in [0.2, 0.25) is 0 Å². The van der Waals surface area contributed by atoms with Crippen molar-refractivity contribution < 1.29 is 19.7 Å². The predicted octanol–water partition coefficient (Wildman–Crippen LogP) is 3.46. The largest absolute Gasteiger partial charge is 0.458 e. The van der Waals surface area contributed by atoms with Gasteiger partial charge in [-0.3, -0.25) is 0 Å². The molecular weight excluding hydrogens is 340 g/mol. The number of hydrogen-bond acceptors (Lipinski definition) is 4. The average molecular weight is 375 g/mol. The maximum Gasteiger partial charge on any atom is 0.331 e. The summed E-state index contributed by atoms with van der Waals surface area (Å²) in [7, 11) is 0. The summed E-state index contributed by atoms with van der Waals surface area (Å²) in [5.74, 6) is 2.84. The summed E-state index contributed by atoms with van der Waals surface area (Å²) in [5.41, 5.74) is 1.56. The molecule has 0 amide bonds. The van der Waals surface area contributed by atoms with Crippen LogP contribution >= 0.6 is 0 Å². The zero-order chi connectivity index (χ0) is 18.8. The van der Waals surface area contributed by atoms with Crippen molar-refractivity contribution in [2.24, 2.45) is 40.4 Å². The number of cyclic esters (lactones) is 1. The van der Waals surface area contributed by atoms with Gasteiger partial charge in [0.05, 0.1) is 6.10 Å². The molecule has 4 fully saturated rings. The van der Waals surface area contributed by atoms with Crippen LogP contribution in [0.4, 0.5) is 0 Å². The molecule has 4 nitrogen and oxygen atoms in total. The Labute approximate surface area is 162 Å². The molecule has 1 heterocycles. The average Bonchev–Trinajstić information content (AvgIpc) is 3.23. The Morgan fingerprint density at radius 3 is 2.70 bits per heavy atom. The molecule has 4 aliphatic carbocycles. The fraction of sp³-hybridized carbons (Fsp3) is 0.870. The first kappa shape index (κ1) is 18.2. The second-order valence-electron chi connectivity index (χ2n) is 10.5. The Hall–Kier alpha value is -0.870. The van der Waals surface area contributed by atoms with Crippen molar-refractivity contribution in [1.82, 2.24) is 0 Å². The Kier molecular flexibility index (Phi) is 4.25. The lowest BCUT2D eigenvalue weighted by Gasteiger charge is -2.61. The fourth-order valence-corrected chi connectivity index (χ4v) is 8.54. The second-order valence-corrected chi connectivity index (χ2v) is 10.5. The van der Waals surface area contributed by atoms with E-state index in [1.54, 1.807) is 6.08 Å². The standard InChI is InChI=1S/C23H34O4/c1-22-8-7-20-17(3-2-15-11-16(25)6-9-23(15,20)13-24)19(22)5-4-18(22)14-10-21(26)27-12-14/h10,15-20,24-25H,2-9,11-13H2,1H3/t15-,16-,17-,18+,19+,20+,22+,23+/m0/s1. The van der Waals surface area contributed by atoms with Crippen LogP contribution in [-0.4, -0.2) is 35.5 Å². The monoisotopic (exact) mass is 374 g/mol. The summed E-state index contributed by atoms with van der Waals surface area (Å²) in [6, 6.07) is 0. The van der Waals surface area contributed by atoms with E-state index in [9.17, 15) is 15.0 Å². The first-order chi connectivity index (χ1) is 13.0. The van der Waals surface area contributed by atoms with E-state index in [0.717, 1.165) is 19.3 Å². The van der Waals surface area contributed by atoms with Crippen LogP contribution in [0.5, 0.6) is 0 Å². The van der Waals surface area contributed by atoms with Crippen LogP contribution in [0.25, 0.3) is 0 Å². The minimum Gasteiger partial charge on any atom is -0.458 e. The third kappa shape index (κ3) is 2.51. The van der Waals surface area contributed by atoms with Crippen LogP contribution in [-0.2, 0) is 9.53 Å². The zero-order valence-electron chi connectivity index (χ0n) is 16.5. The molecule has 0 aromatic rings. The summed E-state index contributed by atoms with van der Waals surface area (Å²) in [6.45, 7) is 3.27. The minimum absolute atomic E-state index is 0.0489. The smallest absolute Gasteiger partial charge is 0.331 e. The highest BCUT2D eigenvalue weighted by Gasteiger charge is 2.61. The van der Waals surface area contributed by atoms with Gasteiger partial charge < -0.3 is 14.9 Å². The Morgan fingerprint density at radius 2 is 1.96 bits per heavy atom. The van der Waals surface area contributed by atoms with Gasteiger partial charge in [-0.15, -0.1) is 0 Å². The lowest BCUT2D eigenvalue weighted by molar-refractivity contribution is -0.152. The van der Waals surface area contributed by atoms with Gasteiger partial charge in [0, 0.05) is 12.7 Å².